The highest BCUT2D eigenvalue weighted by Crippen LogP contribution is 2.23. The molecule has 0 unspecified atom stereocenters. The molecule has 1 saturated heterocycles. The number of ether oxygens (including phenoxy) is 1. The van der Waals surface area contributed by atoms with Crippen LogP contribution in [0.15, 0.2) is 66.9 Å². The van der Waals surface area contributed by atoms with Crippen molar-refractivity contribution in [1.82, 2.24) is 15.2 Å². The molecule has 0 spiro atoms. The van der Waals surface area contributed by atoms with E-state index in [-0.39, 0.29) is 6.03 Å². The Labute approximate surface area is 171 Å². The van der Waals surface area contributed by atoms with Crippen LogP contribution in [0.1, 0.15) is 18.4 Å². The van der Waals surface area contributed by atoms with Crippen LogP contribution in [0.3, 0.4) is 0 Å². The van der Waals surface area contributed by atoms with Gasteiger partial charge in [0, 0.05) is 24.7 Å². The first-order chi connectivity index (χ1) is 14.3. The Bertz CT molecular complexity index is 932. The molecular weight excluding hydrogens is 362 g/mol. The summed E-state index contributed by atoms with van der Waals surface area (Å²) < 4.78 is 5.84. The Hall–Kier alpha value is -3.08. The van der Waals surface area contributed by atoms with Gasteiger partial charge in [-0.05, 0) is 42.9 Å². The van der Waals surface area contributed by atoms with E-state index < -0.39 is 0 Å². The summed E-state index contributed by atoms with van der Waals surface area (Å²) in [4.78, 5) is 18.7. The minimum absolute atomic E-state index is 0.00260. The molecule has 29 heavy (non-hydrogen) atoms. The molecule has 1 fully saturated rings. The number of piperidine rings is 1. The normalized spacial score (nSPS) is 14.7. The lowest BCUT2D eigenvalue weighted by molar-refractivity contribution is 0.168. The number of hydrogen-bond acceptors (Lipinski definition) is 3. The molecular formula is C24H27N3O2. The van der Waals surface area contributed by atoms with Gasteiger partial charge in [-0.1, -0.05) is 48.5 Å². The van der Waals surface area contributed by atoms with Crippen LogP contribution in [0.5, 0.6) is 5.75 Å². The minimum atomic E-state index is 0.00260. The Balaban J connectivity index is 1.19. The highest BCUT2D eigenvalue weighted by molar-refractivity contribution is 5.84. The summed E-state index contributed by atoms with van der Waals surface area (Å²) in [7, 11) is 0. The van der Waals surface area contributed by atoms with Gasteiger partial charge in [0.2, 0.25) is 0 Å². The first kappa shape index (κ1) is 19.2. The van der Waals surface area contributed by atoms with Crippen LogP contribution in [-0.4, -0.2) is 42.2 Å². The number of likely N-dealkylation sites (tertiary alicyclic amines) is 1. The van der Waals surface area contributed by atoms with Gasteiger partial charge in [-0.3, -0.25) is 4.98 Å². The average molecular weight is 389 g/mol. The quantitative estimate of drug-likeness (QED) is 0.640. The van der Waals surface area contributed by atoms with Crippen LogP contribution in [0.4, 0.5) is 4.79 Å². The molecule has 0 saturated carbocycles. The molecule has 2 aromatic carbocycles. The summed E-state index contributed by atoms with van der Waals surface area (Å²) in [5, 5.41) is 4.03. The average Bonchev–Trinajstić information content (AvgIpc) is 2.78. The molecule has 1 aromatic heterocycles. The SMILES string of the molecule is O=C(NCCOc1cccc2cccnc12)N1CCC(Cc2ccccc2)CC1. The number of rotatable bonds is 6. The van der Waals surface area contributed by atoms with Gasteiger partial charge >= 0.3 is 6.03 Å². The van der Waals surface area contributed by atoms with Gasteiger partial charge in [0.25, 0.3) is 0 Å². The molecule has 3 aromatic rings. The second-order valence-corrected chi connectivity index (χ2v) is 7.53. The molecule has 5 nitrogen and oxygen atoms in total. The van der Waals surface area contributed by atoms with Crippen LogP contribution in [0.2, 0.25) is 0 Å². The molecule has 5 heteroatoms. The number of amides is 2. The zero-order valence-corrected chi connectivity index (χ0v) is 16.6. The Morgan fingerprint density at radius 3 is 2.66 bits per heavy atom. The van der Waals surface area contributed by atoms with Crippen molar-refractivity contribution >= 4 is 16.9 Å². The number of hydrogen-bond donors (Lipinski definition) is 1. The molecule has 0 aliphatic carbocycles. The summed E-state index contributed by atoms with van der Waals surface area (Å²) in [5.41, 5.74) is 2.23. The molecule has 150 valence electrons. The maximum Gasteiger partial charge on any atom is 0.317 e. The molecule has 4 rings (SSSR count). The van der Waals surface area contributed by atoms with Crippen LogP contribution in [0, 0.1) is 5.92 Å². The van der Waals surface area contributed by atoms with E-state index in [0.29, 0.717) is 19.1 Å². The van der Waals surface area contributed by atoms with Gasteiger partial charge in [-0.25, -0.2) is 4.79 Å². The first-order valence-corrected chi connectivity index (χ1v) is 10.3. The standard InChI is InChI=1S/C24H27N3O2/c28-24(27-15-11-20(12-16-27)18-19-6-2-1-3-7-19)26-14-17-29-22-10-4-8-21-9-5-13-25-23(21)22/h1-10,13,20H,11-12,14-18H2,(H,26,28). The van der Waals surface area contributed by atoms with Gasteiger partial charge in [0.15, 0.2) is 0 Å². The number of urea groups is 1. The van der Waals surface area contributed by atoms with E-state index in [0.717, 1.165) is 49.0 Å². The first-order valence-electron chi connectivity index (χ1n) is 10.3. The van der Waals surface area contributed by atoms with E-state index in [1.54, 1.807) is 6.20 Å². The van der Waals surface area contributed by atoms with Gasteiger partial charge in [0.05, 0.1) is 6.54 Å². The van der Waals surface area contributed by atoms with Crippen molar-refractivity contribution < 1.29 is 9.53 Å². The van der Waals surface area contributed by atoms with E-state index >= 15 is 0 Å². The Morgan fingerprint density at radius 2 is 1.83 bits per heavy atom. The molecule has 2 amide bonds. The van der Waals surface area contributed by atoms with Crippen LogP contribution in [0.25, 0.3) is 10.9 Å². The number of fused-ring (bicyclic) bond motifs is 1. The van der Waals surface area contributed by atoms with E-state index in [4.69, 9.17) is 4.74 Å². The number of nitrogens with one attached hydrogen (secondary N) is 1. The monoisotopic (exact) mass is 389 g/mol. The predicted molar refractivity (Wildman–Crippen MR) is 115 cm³/mol. The summed E-state index contributed by atoms with van der Waals surface area (Å²) in [6.07, 6.45) is 4.97. The topological polar surface area (TPSA) is 54.5 Å². The Morgan fingerprint density at radius 1 is 1.03 bits per heavy atom. The zero-order chi connectivity index (χ0) is 19.9. The highest BCUT2D eigenvalue weighted by Gasteiger charge is 2.22. The number of carbonyl (C=O) groups is 1. The molecule has 0 atom stereocenters. The molecule has 1 aliphatic heterocycles. The van der Waals surface area contributed by atoms with Crippen molar-refractivity contribution in [2.75, 3.05) is 26.2 Å². The fourth-order valence-electron chi connectivity index (χ4n) is 3.91. The molecule has 0 radical (unpaired) electrons. The number of carbonyl (C=O) groups excluding carboxylic acids is 1. The molecule has 1 aliphatic rings. The third-order valence-corrected chi connectivity index (χ3v) is 5.50. The lowest BCUT2D eigenvalue weighted by Crippen LogP contribution is -2.45. The minimum Gasteiger partial charge on any atom is -0.489 e. The second kappa shape index (κ2) is 9.41. The van der Waals surface area contributed by atoms with Gasteiger partial charge in [-0.2, -0.15) is 0 Å². The van der Waals surface area contributed by atoms with Crippen LogP contribution >= 0.6 is 0 Å². The van der Waals surface area contributed by atoms with Gasteiger partial charge < -0.3 is 15.0 Å². The molecule has 1 N–H and O–H groups in total. The van der Waals surface area contributed by atoms with Gasteiger partial charge in [-0.15, -0.1) is 0 Å². The predicted octanol–water partition coefficient (Wildman–Crippen LogP) is 4.28. The summed E-state index contributed by atoms with van der Waals surface area (Å²) in [5.74, 6) is 1.41. The van der Waals surface area contributed by atoms with Crippen molar-refractivity contribution in [3.8, 4) is 5.75 Å². The van der Waals surface area contributed by atoms with Crippen molar-refractivity contribution in [1.29, 1.82) is 0 Å². The fourth-order valence-corrected chi connectivity index (χ4v) is 3.91. The van der Waals surface area contributed by atoms with Crippen LogP contribution in [-0.2, 0) is 6.42 Å². The van der Waals surface area contributed by atoms with Crippen molar-refractivity contribution in [3.63, 3.8) is 0 Å². The number of nitrogens with zero attached hydrogens (tertiary/aromatic N) is 2. The number of pyridine rings is 1. The molecule has 0 bridgehead atoms. The molecule has 2 heterocycles. The van der Waals surface area contributed by atoms with Crippen molar-refractivity contribution in [2.45, 2.75) is 19.3 Å². The summed E-state index contributed by atoms with van der Waals surface area (Å²) in [6, 6.07) is 20.4. The van der Waals surface area contributed by atoms with E-state index in [1.807, 2.05) is 35.2 Å². The number of aromatic nitrogens is 1. The van der Waals surface area contributed by atoms with Crippen LogP contribution < -0.4 is 10.1 Å². The zero-order valence-electron chi connectivity index (χ0n) is 16.6. The second-order valence-electron chi connectivity index (χ2n) is 7.53. The van der Waals surface area contributed by atoms with Gasteiger partial charge in [0.1, 0.15) is 17.9 Å². The van der Waals surface area contributed by atoms with Crippen molar-refractivity contribution in [3.05, 3.63) is 72.4 Å². The maximum atomic E-state index is 12.4. The largest absolute Gasteiger partial charge is 0.489 e. The van der Waals surface area contributed by atoms with E-state index in [9.17, 15) is 4.79 Å². The van der Waals surface area contributed by atoms with Crippen molar-refractivity contribution in [2.24, 2.45) is 5.92 Å². The number of benzene rings is 2. The Kier molecular flexibility index (Phi) is 6.25. The summed E-state index contributed by atoms with van der Waals surface area (Å²) >= 11 is 0. The van der Waals surface area contributed by atoms with E-state index in [1.165, 1.54) is 5.56 Å². The fraction of sp³-hybridized carbons (Fsp3) is 0.333. The smallest absolute Gasteiger partial charge is 0.317 e. The third-order valence-electron chi connectivity index (χ3n) is 5.50. The number of para-hydroxylation sites is 1. The summed E-state index contributed by atoms with van der Waals surface area (Å²) in [6.45, 7) is 2.53. The lowest BCUT2D eigenvalue weighted by atomic mass is 9.90. The van der Waals surface area contributed by atoms with E-state index in [2.05, 4.69) is 40.6 Å². The third kappa shape index (κ3) is 5.05. The lowest BCUT2D eigenvalue weighted by Gasteiger charge is -2.32. The highest BCUT2D eigenvalue weighted by atomic mass is 16.5. The maximum absolute atomic E-state index is 12.4.